The second-order valence-corrected chi connectivity index (χ2v) is 8.86. The Bertz CT molecular complexity index is 383. The van der Waals surface area contributed by atoms with Crippen LogP contribution in [0.4, 0.5) is 4.79 Å². The van der Waals surface area contributed by atoms with Gasteiger partial charge in [-0.05, 0) is 71.1 Å². The number of hydrogen-bond acceptors (Lipinski definition) is 3. The van der Waals surface area contributed by atoms with Crippen molar-refractivity contribution in [2.24, 2.45) is 11.8 Å². The van der Waals surface area contributed by atoms with Crippen molar-refractivity contribution < 1.29 is 9.53 Å². The summed E-state index contributed by atoms with van der Waals surface area (Å²) in [5.41, 5.74) is -0.420. The van der Waals surface area contributed by atoms with Gasteiger partial charge in [0.2, 0.25) is 0 Å². The largest absolute Gasteiger partial charge is 0.444 e. The lowest BCUT2D eigenvalue weighted by Crippen LogP contribution is -2.48. The van der Waals surface area contributed by atoms with Gasteiger partial charge in [0.25, 0.3) is 0 Å². The molecule has 0 radical (unpaired) electrons. The minimum atomic E-state index is -0.420. The molecule has 3 unspecified atom stereocenters. The van der Waals surface area contributed by atoms with E-state index < -0.39 is 5.60 Å². The molecule has 2 rings (SSSR count). The van der Waals surface area contributed by atoms with Gasteiger partial charge in [0.15, 0.2) is 0 Å². The van der Waals surface area contributed by atoms with E-state index in [-0.39, 0.29) is 12.1 Å². The highest BCUT2D eigenvalue weighted by atomic mass is 16.6. The van der Waals surface area contributed by atoms with Crippen molar-refractivity contribution in [3.05, 3.63) is 0 Å². The lowest BCUT2D eigenvalue weighted by molar-refractivity contribution is 0.0488. The second-order valence-electron chi connectivity index (χ2n) is 8.86. The van der Waals surface area contributed by atoms with Crippen LogP contribution in [0.25, 0.3) is 0 Å². The Morgan fingerprint density at radius 2 is 1.57 bits per heavy atom. The predicted octanol–water partition coefficient (Wildman–Crippen LogP) is 4.24. The minimum absolute atomic E-state index is 0.269. The Balaban J connectivity index is 1.70. The number of amides is 1. The Hall–Kier alpha value is -0.770. The molecular weight excluding hydrogens is 288 g/mol. The van der Waals surface area contributed by atoms with Crippen LogP contribution in [0, 0.1) is 11.8 Å². The SMILES string of the molecule is CC1CCC(C)C(NC2CCC(NC(=O)OC(C)(C)C)CC2)C1. The van der Waals surface area contributed by atoms with E-state index >= 15 is 0 Å². The molecule has 4 nitrogen and oxygen atoms in total. The quantitative estimate of drug-likeness (QED) is 0.816. The minimum Gasteiger partial charge on any atom is -0.444 e. The fourth-order valence-corrected chi connectivity index (χ4v) is 3.95. The number of alkyl carbamates (subject to hydrolysis) is 1. The van der Waals surface area contributed by atoms with Gasteiger partial charge in [0, 0.05) is 18.1 Å². The summed E-state index contributed by atoms with van der Waals surface area (Å²) in [6.45, 7) is 10.5. The molecule has 0 saturated heterocycles. The summed E-state index contributed by atoms with van der Waals surface area (Å²) in [4.78, 5) is 11.9. The van der Waals surface area contributed by atoms with Crippen LogP contribution in [0.15, 0.2) is 0 Å². The Labute approximate surface area is 142 Å². The van der Waals surface area contributed by atoms with Crippen LogP contribution >= 0.6 is 0 Å². The number of rotatable bonds is 3. The van der Waals surface area contributed by atoms with E-state index in [9.17, 15) is 4.79 Å². The van der Waals surface area contributed by atoms with Crippen LogP contribution in [-0.4, -0.2) is 29.8 Å². The molecule has 2 aliphatic carbocycles. The van der Waals surface area contributed by atoms with Gasteiger partial charge < -0.3 is 15.4 Å². The molecule has 0 aromatic heterocycles. The highest BCUT2D eigenvalue weighted by Gasteiger charge is 2.30. The van der Waals surface area contributed by atoms with E-state index in [2.05, 4.69) is 24.5 Å². The molecule has 0 aromatic rings. The summed E-state index contributed by atoms with van der Waals surface area (Å²) >= 11 is 0. The van der Waals surface area contributed by atoms with Crippen LogP contribution in [0.5, 0.6) is 0 Å². The van der Waals surface area contributed by atoms with Crippen molar-refractivity contribution in [2.75, 3.05) is 0 Å². The van der Waals surface area contributed by atoms with Gasteiger partial charge in [-0.2, -0.15) is 0 Å². The first-order chi connectivity index (χ1) is 10.7. The van der Waals surface area contributed by atoms with Gasteiger partial charge in [0.1, 0.15) is 5.60 Å². The maximum atomic E-state index is 11.9. The Morgan fingerprint density at radius 1 is 0.957 bits per heavy atom. The van der Waals surface area contributed by atoms with Crippen molar-refractivity contribution in [2.45, 2.75) is 103 Å². The number of nitrogens with one attached hydrogen (secondary N) is 2. The van der Waals surface area contributed by atoms with Gasteiger partial charge in [-0.3, -0.25) is 0 Å². The predicted molar refractivity (Wildman–Crippen MR) is 94.5 cm³/mol. The summed E-state index contributed by atoms with van der Waals surface area (Å²) < 4.78 is 5.35. The summed E-state index contributed by atoms with van der Waals surface area (Å²) in [5, 5.41) is 6.93. The molecule has 134 valence electrons. The molecule has 2 fully saturated rings. The maximum Gasteiger partial charge on any atom is 0.407 e. The van der Waals surface area contributed by atoms with E-state index in [0.717, 1.165) is 37.5 Å². The van der Waals surface area contributed by atoms with Crippen LogP contribution in [0.3, 0.4) is 0 Å². The second kappa shape index (κ2) is 7.87. The van der Waals surface area contributed by atoms with Crippen molar-refractivity contribution in [3.8, 4) is 0 Å². The van der Waals surface area contributed by atoms with E-state index in [1.54, 1.807) is 0 Å². The first kappa shape index (κ1) is 18.6. The molecule has 2 N–H and O–H groups in total. The molecule has 2 saturated carbocycles. The third-order valence-corrected chi connectivity index (χ3v) is 5.36. The van der Waals surface area contributed by atoms with Crippen molar-refractivity contribution in [1.29, 1.82) is 0 Å². The molecular formula is C19H36N2O2. The lowest BCUT2D eigenvalue weighted by Gasteiger charge is -2.38. The van der Waals surface area contributed by atoms with Gasteiger partial charge in [-0.25, -0.2) is 4.79 Å². The first-order valence-corrected chi connectivity index (χ1v) is 9.48. The third kappa shape index (κ3) is 6.33. The molecule has 2 aliphatic rings. The van der Waals surface area contributed by atoms with Crippen LogP contribution in [0.2, 0.25) is 0 Å². The van der Waals surface area contributed by atoms with Crippen LogP contribution < -0.4 is 10.6 Å². The van der Waals surface area contributed by atoms with Crippen molar-refractivity contribution in [1.82, 2.24) is 10.6 Å². The van der Waals surface area contributed by atoms with Crippen molar-refractivity contribution >= 4 is 6.09 Å². The number of hydrogen-bond donors (Lipinski definition) is 2. The van der Waals surface area contributed by atoms with Gasteiger partial charge in [0.05, 0.1) is 0 Å². The van der Waals surface area contributed by atoms with E-state index in [1.807, 2.05) is 20.8 Å². The average molecular weight is 325 g/mol. The smallest absolute Gasteiger partial charge is 0.407 e. The summed E-state index contributed by atoms with van der Waals surface area (Å²) in [6, 6.07) is 1.56. The molecule has 23 heavy (non-hydrogen) atoms. The van der Waals surface area contributed by atoms with Gasteiger partial charge >= 0.3 is 6.09 Å². The third-order valence-electron chi connectivity index (χ3n) is 5.36. The van der Waals surface area contributed by atoms with E-state index in [0.29, 0.717) is 12.1 Å². The summed E-state index contributed by atoms with van der Waals surface area (Å²) in [6.07, 6.45) is 8.18. The molecule has 4 heteroatoms. The zero-order valence-electron chi connectivity index (χ0n) is 15.7. The molecule has 0 bridgehead atoms. The maximum absolute atomic E-state index is 11.9. The van der Waals surface area contributed by atoms with Gasteiger partial charge in [-0.1, -0.05) is 20.3 Å². The fraction of sp³-hybridized carbons (Fsp3) is 0.947. The molecule has 0 aromatic carbocycles. The number of carbonyl (C=O) groups excluding carboxylic acids is 1. The number of carbonyl (C=O) groups is 1. The normalized spacial score (nSPS) is 35.6. The van der Waals surface area contributed by atoms with Gasteiger partial charge in [-0.15, -0.1) is 0 Å². The molecule has 0 aliphatic heterocycles. The molecule has 0 heterocycles. The van der Waals surface area contributed by atoms with Crippen LogP contribution in [-0.2, 0) is 4.74 Å². The van der Waals surface area contributed by atoms with E-state index in [4.69, 9.17) is 4.74 Å². The topological polar surface area (TPSA) is 50.4 Å². The lowest BCUT2D eigenvalue weighted by atomic mass is 9.79. The fourth-order valence-electron chi connectivity index (χ4n) is 3.95. The monoisotopic (exact) mass is 324 g/mol. The highest BCUT2D eigenvalue weighted by Crippen LogP contribution is 2.30. The zero-order chi connectivity index (χ0) is 17.0. The Kier molecular flexibility index (Phi) is 6.35. The first-order valence-electron chi connectivity index (χ1n) is 9.48. The molecule has 0 spiro atoms. The van der Waals surface area contributed by atoms with Crippen molar-refractivity contribution in [3.63, 3.8) is 0 Å². The average Bonchev–Trinajstić information content (AvgIpc) is 2.43. The zero-order valence-corrected chi connectivity index (χ0v) is 15.7. The highest BCUT2D eigenvalue weighted by molar-refractivity contribution is 5.68. The molecule has 1 amide bonds. The number of ether oxygens (including phenoxy) is 1. The standard InChI is InChI=1S/C19H36N2O2/c1-13-6-7-14(2)17(12-13)20-15-8-10-16(11-9-15)21-18(22)23-19(3,4)5/h13-17,20H,6-12H2,1-5H3,(H,21,22). The molecule has 3 atom stereocenters. The summed E-state index contributed by atoms with van der Waals surface area (Å²) in [7, 11) is 0. The van der Waals surface area contributed by atoms with Crippen LogP contribution in [0.1, 0.15) is 79.6 Å². The summed E-state index contributed by atoms with van der Waals surface area (Å²) in [5.74, 6) is 1.65. The Morgan fingerprint density at radius 3 is 2.17 bits per heavy atom. The van der Waals surface area contributed by atoms with E-state index in [1.165, 1.54) is 19.3 Å².